The minimum absolute atomic E-state index is 0.0773. The molecule has 1 atom stereocenters. The van der Waals surface area contributed by atoms with Crippen molar-refractivity contribution in [1.82, 2.24) is 4.57 Å². The van der Waals surface area contributed by atoms with Gasteiger partial charge in [0, 0.05) is 39.0 Å². The molecule has 0 amide bonds. The monoisotopic (exact) mass is 610 g/mol. The Morgan fingerprint density at radius 1 is 0.872 bits per heavy atom. The Morgan fingerprint density at radius 3 is 2.51 bits per heavy atom. The fourth-order valence-corrected chi connectivity index (χ4v) is 7.24. The summed E-state index contributed by atoms with van der Waals surface area (Å²) >= 11 is 0. The van der Waals surface area contributed by atoms with Gasteiger partial charge in [-0.05, 0) is 74.6 Å². The van der Waals surface area contributed by atoms with Crippen molar-refractivity contribution in [3.8, 4) is 0 Å². The second-order valence-electron chi connectivity index (χ2n) is 12.3. The lowest BCUT2D eigenvalue weighted by molar-refractivity contribution is 0.671. The Bertz CT molecular complexity index is 2350. The smallest absolute Gasteiger partial charge is 0.160 e. The summed E-state index contributed by atoms with van der Waals surface area (Å²) in [6.45, 7) is 4.44. The number of hydrogen-bond donors (Lipinski definition) is 0. The number of rotatable bonds is 7. The maximum Gasteiger partial charge on any atom is 0.160 e. The van der Waals surface area contributed by atoms with Gasteiger partial charge in [-0.15, -0.1) is 0 Å². The molecule has 4 aromatic carbocycles. The van der Waals surface area contributed by atoms with Crippen LogP contribution in [0.15, 0.2) is 162 Å². The van der Waals surface area contributed by atoms with Crippen molar-refractivity contribution in [2.24, 2.45) is 0 Å². The summed E-state index contributed by atoms with van der Waals surface area (Å²) in [6, 6.07) is 30.4. The molecule has 2 heterocycles. The quantitative estimate of drug-likeness (QED) is 0.168. The standard InChI is InChI=1S/C44H38N2O/c1-3-32(33-18-8-6-9-19-33)29-28-31(2)45(34-20-12-7-13-21-34)40-30-38-36-24-15-17-27-41(36)47-44(38)43-42(40)37-25-14-16-26-39(37)46(43)35-22-10-4-5-11-23-35/h3-10,12,14-20,22-31H,11,13,21H2,1-2H3/b29-28-,32-3+. The summed E-state index contributed by atoms with van der Waals surface area (Å²) in [5, 5.41) is 4.70. The molecule has 0 fully saturated rings. The van der Waals surface area contributed by atoms with E-state index in [0.29, 0.717) is 0 Å². The predicted octanol–water partition coefficient (Wildman–Crippen LogP) is 12.1. The Kier molecular flexibility index (Phi) is 7.59. The molecular formula is C44H38N2O. The van der Waals surface area contributed by atoms with E-state index in [4.69, 9.17) is 4.42 Å². The third kappa shape index (κ3) is 5.09. The maximum atomic E-state index is 6.79. The summed E-state index contributed by atoms with van der Waals surface area (Å²) in [4.78, 5) is 2.57. The molecule has 47 heavy (non-hydrogen) atoms. The van der Waals surface area contributed by atoms with Gasteiger partial charge in [0.2, 0.25) is 0 Å². The molecule has 0 saturated heterocycles. The van der Waals surface area contributed by atoms with Crippen LogP contribution < -0.4 is 4.90 Å². The Hall–Kier alpha value is -5.54. The van der Waals surface area contributed by atoms with Gasteiger partial charge in [-0.2, -0.15) is 0 Å². The molecule has 2 aliphatic carbocycles. The molecule has 3 heteroatoms. The molecule has 6 aromatic rings. The minimum Gasteiger partial charge on any atom is -0.454 e. The van der Waals surface area contributed by atoms with Crippen LogP contribution in [-0.2, 0) is 0 Å². The normalized spacial score (nSPS) is 16.0. The number of furan rings is 1. The number of allylic oxidation sites excluding steroid dienone is 13. The lowest BCUT2D eigenvalue weighted by Gasteiger charge is -2.34. The number of anilines is 1. The van der Waals surface area contributed by atoms with Gasteiger partial charge in [0.25, 0.3) is 0 Å². The van der Waals surface area contributed by atoms with E-state index in [0.717, 1.165) is 52.4 Å². The first-order chi connectivity index (χ1) is 23.2. The number of nitrogens with zero attached hydrogens (tertiary/aromatic N) is 2. The van der Waals surface area contributed by atoms with Crippen molar-refractivity contribution in [1.29, 1.82) is 0 Å². The average Bonchev–Trinajstić information content (AvgIpc) is 3.53. The first-order valence-electron chi connectivity index (χ1n) is 16.7. The highest BCUT2D eigenvalue weighted by atomic mass is 16.3. The molecule has 2 aliphatic rings. The maximum absolute atomic E-state index is 6.79. The lowest BCUT2D eigenvalue weighted by atomic mass is 10.0. The number of hydrogen-bond acceptors (Lipinski definition) is 2. The van der Waals surface area contributed by atoms with E-state index in [9.17, 15) is 0 Å². The van der Waals surface area contributed by atoms with Crippen LogP contribution >= 0.6 is 0 Å². The number of fused-ring (bicyclic) bond motifs is 7. The van der Waals surface area contributed by atoms with Crippen molar-refractivity contribution in [2.75, 3.05) is 4.90 Å². The highest BCUT2D eigenvalue weighted by molar-refractivity contribution is 6.26. The van der Waals surface area contributed by atoms with Gasteiger partial charge >= 0.3 is 0 Å². The van der Waals surface area contributed by atoms with Crippen LogP contribution in [0, 0.1) is 0 Å². The number of aromatic nitrogens is 1. The fraction of sp³-hybridized carbons (Fsp3) is 0.136. The molecule has 230 valence electrons. The van der Waals surface area contributed by atoms with E-state index in [1.807, 2.05) is 0 Å². The molecule has 8 rings (SSSR count). The van der Waals surface area contributed by atoms with Gasteiger partial charge in [-0.3, -0.25) is 0 Å². The third-order valence-electron chi connectivity index (χ3n) is 9.44. The van der Waals surface area contributed by atoms with Crippen LogP contribution in [0.2, 0.25) is 0 Å². The molecule has 0 spiro atoms. The van der Waals surface area contributed by atoms with Crippen LogP contribution in [0.3, 0.4) is 0 Å². The number of benzene rings is 4. The van der Waals surface area contributed by atoms with Crippen molar-refractivity contribution in [3.05, 3.63) is 163 Å². The molecule has 0 N–H and O–H groups in total. The zero-order chi connectivity index (χ0) is 31.7. The van der Waals surface area contributed by atoms with Gasteiger partial charge < -0.3 is 13.9 Å². The average molecular weight is 611 g/mol. The largest absolute Gasteiger partial charge is 0.454 e. The number of para-hydroxylation sites is 2. The molecule has 0 aliphatic heterocycles. The van der Waals surface area contributed by atoms with E-state index in [1.165, 1.54) is 38.8 Å². The summed E-state index contributed by atoms with van der Waals surface area (Å²) in [7, 11) is 0. The summed E-state index contributed by atoms with van der Waals surface area (Å²) in [5.74, 6) is 0. The van der Waals surface area contributed by atoms with Gasteiger partial charge in [0.1, 0.15) is 5.58 Å². The van der Waals surface area contributed by atoms with E-state index in [-0.39, 0.29) is 6.04 Å². The second kappa shape index (κ2) is 12.3. The predicted molar refractivity (Wildman–Crippen MR) is 202 cm³/mol. The van der Waals surface area contributed by atoms with Crippen LogP contribution in [0.5, 0.6) is 0 Å². The van der Waals surface area contributed by atoms with E-state index < -0.39 is 0 Å². The third-order valence-corrected chi connectivity index (χ3v) is 9.44. The van der Waals surface area contributed by atoms with Gasteiger partial charge in [0.15, 0.2) is 5.58 Å². The molecule has 0 saturated carbocycles. The van der Waals surface area contributed by atoms with Crippen LogP contribution in [0.4, 0.5) is 5.69 Å². The van der Waals surface area contributed by atoms with Gasteiger partial charge in [0.05, 0.1) is 16.7 Å². The first kappa shape index (κ1) is 28.9. The van der Waals surface area contributed by atoms with Gasteiger partial charge in [-0.1, -0.05) is 121 Å². The topological polar surface area (TPSA) is 21.3 Å². The molecule has 1 unspecified atom stereocenters. The Morgan fingerprint density at radius 2 is 1.68 bits per heavy atom. The Labute approximate surface area is 276 Å². The zero-order valence-electron chi connectivity index (χ0n) is 26.9. The second-order valence-corrected chi connectivity index (χ2v) is 12.3. The van der Waals surface area contributed by atoms with Crippen molar-refractivity contribution < 1.29 is 4.42 Å². The summed E-state index contributed by atoms with van der Waals surface area (Å²) in [6.07, 6.45) is 27.5. The SMILES string of the molecule is C/C=C(\C=C/C(C)N(C1=CC=CCC1)c1cc2c3ccccc3oc2c2c1c1ccccc1n2C1=CCC=CC=C1)c1ccccc1. The summed E-state index contributed by atoms with van der Waals surface area (Å²) in [5.41, 5.74) is 10.2. The van der Waals surface area contributed by atoms with Crippen molar-refractivity contribution >= 4 is 60.7 Å². The van der Waals surface area contributed by atoms with E-state index >= 15 is 0 Å². The highest BCUT2D eigenvalue weighted by Crippen LogP contribution is 2.47. The first-order valence-corrected chi connectivity index (χ1v) is 16.7. The van der Waals surface area contributed by atoms with Crippen LogP contribution in [0.1, 0.15) is 38.7 Å². The Balaban J connectivity index is 1.44. The fourth-order valence-electron chi connectivity index (χ4n) is 7.24. The highest BCUT2D eigenvalue weighted by Gasteiger charge is 2.27. The summed E-state index contributed by atoms with van der Waals surface area (Å²) < 4.78 is 9.21. The molecule has 0 radical (unpaired) electrons. The lowest BCUT2D eigenvalue weighted by Crippen LogP contribution is -2.31. The van der Waals surface area contributed by atoms with Gasteiger partial charge in [-0.25, -0.2) is 0 Å². The molecular weight excluding hydrogens is 572 g/mol. The van der Waals surface area contributed by atoms with Crippen LogP contribution in [-0.4, -0.2) is 10.6 Å². The molecule has 0 bridgehead atoms. The van der Waals surface area contributed by atoms with E-state index in [1.54, 1.807) is 0 Å². The van der Waals surface area contributed by atoms with E-state index in [2.05, 4.69) is 175 Å². The van der Waals surface area contributed by atoms with Crippen molar-refractivity contribution in [3.63, 3.8) is 0 Å². The minimum atomic E-state index is 0.0773. The molecule has 3 nitrogen and oxygen atoms in total. The van der Waals surface area contributed by atoms with Crippen LogP contribution in [0.25, 0.3) is 55.0 Å². The molecule has 2 aromatic heterocycles. The zero-order valence-corrected chi connectivity index (χ0v) is 26.9. The van der Waals surface area contributed by atoms with Crippen molar-refractivity contribution in [2.45, 2.75) is 39.2 Å².